The molecule has 2 saturated carbocycles. The number of fused-ring (bicyclic) bond motifs is 2. The smallest absolute Gasteiger partial charge is 0.272 e. The highest BCUT2D eigenvalue weighted by Crippen LogP contribution is 2.27. The number of carbonyl (C=O) groups is 3. The van der Waals surface area contributed by atoms with Crippen molar-refractivity contribution in [3.63, 3.8) is 0 Å². The van der Waals surface area contributed by atoms with Crippen LogP contribution >= 0.6 is 0 Å². The van der Waals surface area contributed by atoms with Crippen molar-refractivity contribution in [1.82, 2.24) is 15.4 Å². The number of Topliss-reactive ketones (excluding diaryl/α,β-unsaturated/α-hetero) is 1. The van der Waals surface area contributed by atoms with Crippen molar-refractivity contribution in [2.24, 2.45) is 11.8 Å². The van der Waals surface area contributed by atoms with Gasteiger partial charge in [0.15, 0.2) is 5.78 Å². The number of pyridine rings is 2. The van der Waals surface area contributed by atoms with Crippen molar-refractivity contribution < 1.29 is 14.4 Å². The van der Waals surface area contributed by atoms with Gasteiger partial charge < -0.3 is 10.6 Å². The lowest BCUT2D eigenvalue weighted by atomic mass is 9.86. The number of ketones is 1. The van der Waals surface area contributed by atoms with Gasteiger partial charge in [0, 0.05) is 34.5 Å². The van der Waals surface area contributed by atoms with Gasteiger partial charge in [-0.1, -0.05) is 112 Å². The minimum absolute atomic E-state index is 0.0497. The van der Waals surface area contributed by atoms with Crippen LogP contribution in [0.5, 0.6) is 0 Å². The van der Waals surface area contributed by atoms with Crippen LogP contribution in [-0.4, -0.2) is 40.7 Å². The third-order valence-corrected chi connectivity index (χ3v) is 11.1. The molecule has 6 aromatic rings. The molecule has 3 N–H and O–H groups in total. The first-order valence-corrected chi connectivity index (χ1v) is 20.5. The average Bonchev–Trinajstić information content (AvgIpc) is 3.55. The minimum Gasteiger partial charge on any atom is -0.377 e. The highest BCUT2D eigenvalue weighted by atomic mass is 16.2. The summed E-state index contributed by atoms with van der Waals surface area (Å²) >= 11 is 0. The summed E-state index contributed by atoms with van der Waals surface area (Å²) in [6.07, 6.45) is 16.6. The van der Waals surface area contributed by atoms with Crippen LogP contribution in [0.15, 0.2) is 128 Å². The van der Waals surface area contributed by atoms with Gasteiger partial charge in [0.1, 0.15) is 0 Å². The molecule has 9 heteroatoms. The molecule has 2 fully saturated rings. The van der Waals surface area contributed by atoms with Crippen LogP contribution in [0.2, 0.25) is 0 Å². The second kappa shape index (κ2) is 19.8. The van der Waals surface area contributed by atoms with Gasteiger partial charge in [-0.3, -0.25) is 24.4 Å². The first-order chi connectivity index (χ1) is 28.0. The van der Waals surface area contributed by atoms with Crippen LogP contribution in [0.3, 0.4) is 0 Å². The molecule has 2 heterocycles. The van der Waals surface area contributed by atoms with E-state index in [-0.39, 0.29) is 30.1 Å². The zero-order valence-corrected chi connectivity index (χ0v) is 32.5. The number of rotatable bonds is 11. The summed E-state index contributed by atoms with van der Waals surface area (Å²) in [6, 6.07) is 36.4. The van der Waals surface area contributed by atoms with Crippen molar-refractivity contribution in [2.45, 2.75) is 70.6 Å². The third-order valence-electron chi connectivity index (χ3n) is 11.1. The SMILES string of the molecule is O=C(Nc1cnc2ccccc2c1)c1ccccc1NCC(=O)C1CCCCC1.O=C(c1ccccc1)N(NCC1CCCCCC1)c1cnc2ccccc2c1. The number of aromatic nitrogens is 2. The number of benzene rings is 4. The molecule has 0 radical (unpaired) electrons. The highest BCUT2D eigenvalue weighted by Gasteiger charge is 2.23. The Labute approximate surface area is 335 Å². The molecule has 0 spiro atoms. The third kappa shape index (κ3) is 10.7. The number of carbonyl (C=O) groups excluding carboxylic acids is 3. The maximum absolute atomic E-state index is 13.3. The summed E-state index contributed by atoms with van der Waals surface area (Å²) in [7, 11) is 0. The Kier molecular flexibility index (Phi) is 13.6. The second-order valence-electron chi connectivity index (χ2n) is 15.2. The van der Waals surface area contributed by atoms with E-state index in [4.69, 9.17) is 0 Å². The fourth-order valence-corrected chi connectivity index (χ4v) is 7.88. The van der Waals surface area contributed by atoms with Gasteiger partial charge >= 0.3 is 0 Å². The zero-order chi connectivity index (χ0) is 39.2. The van der Waals surface area contributed by atoms with E-state index in [0.717, 1.165) is 59.7 Å². The predicted octanol–water partition coefficient (Wildman–Crippen LogP) is 10.4. The summed E-state index contributed by atoms with van der Waals surface area (Å²) in [6.45, 7) is 1.07. The van der Waals surface area contributed by atoms with Crippen LogP contribution < -0.4 is 21.1 Å². The number of hydrogen-bond acceptors (Lipinski definition) is 7. The summed E-state index contributed by atoms with van der Waals surface area (Å²) in [5.74, 6) is 0.725. The predicted molar refractivity (Wildman–Crippen MR) is 230 cm³/mol. The fourth-order valence-electron chi connectivity index (χ4n) is 7.88. The maximum atomic E-state index is 13.3. The summed E-state index contributed by atoms with van der Waals surface area (Å²) in [5, 5.41) is 9.77. The van der Waals surface area contributed by atoms with E-state index in [9.17, 15) is 14.4 Å². The Morgan fingerprint density at radius 2 is 1.23 bits per heavy atom. The molecule has 4 aromatic carbocycles. The number of hydrazine groups is 1. The molecule has 2 aliphatic carbocycles. The zero-order valence-electron chi connectivity index (χ0n) is 32.5. The molecule has 0 aliphatic heterocycles. The number of anilines is 3. The Hall–Kier alpha value is -5.93. The van der Waals surface area contributed by atoms with Gasteiger partial charge in [0.05, 0.1) is 46.9 Å². The standard InChI is InChI=1S/C24H25N3O2.C24H27N3O/c28-23(17-8-2-1-3-9-17)16-26-22-13-7-5-11-20(22)24(29)27-19-14-18-10-4-6-12-21(18)25-15-19;28-24(20-12-6-3-7-13-20)27(26-17-19-10-4-1-2-5-11-19)22-16-21-14-8-9-15-23(21)25-18-22/h4-7,10-15,17,26H,1-3,8-9,16H2,(H,27,29);3,6-9,12-16,18-19,26H,1-2,4-5,10-11,17H2. The van der Waals surface area contributed by atoms with Gasteiger partial charge in [-0.15, -0.1) is 0 Å². The van der Waals surface area contributed by atoms with E-state index >= 15 is 0 Å². The largest absolute Gasteiger partial charge is 0.377 e. The van der Waals surface area contributed by atoms with Crippen molar-refractivity contribution >= 4 is 56.5 Å². The highest BCUT2D eigenvalue weighted by molar-refractivity contribution is 6.09. The Bertz CT molecular complexity index is 2260. The van der Waals surface area contributed by atoms with Gasteiger partial charge in [-0.25, -0.2) is 10.4 Å². The quantitative estimate of drug-likeness (QED) is 0.0889. The van der Waals surface area contributed by atoms with Crippen LogP contribution in [0.25, 0.3) is 21.8 Å². The summed E-state index contributed by atoms with van der Waals surface area (Å²) < 4.78 is 0. The van der Waals surface area contributed by atoms with Gasteiger partial charge in [0.25, 0.3) is 11.8 Å². The fraction of sp³-hybridized carbons (Fsp3) is 0.312. The topological polar surface area (TPSA) is 116 Å². The van der Waals surface area contributed by atoms with Crippen LogP contribution in [0, 0.1) is 11.8 Å². The Morgan fingerprint density at radius 3 is 1.96 bits per heavy atom. The lowest BCUT2D eigenvalue weighted by molar-refractivity contribution is -0.122. The van der Waals surface area contributed by atoms with E-state index in [1.165, 1.54) is 44.9 Å². The minimum atomic E-state index is -0.227. The van der Waals surface area contributed by atoms with E-state index in [0.29, 0.717) is 28.4 Å². The monoisotopic (exact) mass is 760 g/mol. The van der Waals surface area contributed by atoms with Crippen LogP contribution in [0.1, 0.15) is 91.3 Å². The van der Waals surface area contributed by atoms with Crippen molar-refractivity contribution in [3.8, 4) is 0 Å². The number of nitrogens with zero attached hydrogens (tertiary/aromatic N) is 3. The molecule has 0 saturated heterocycles. The molecule has 8 rings (SSSR count). The van der Waals surface area contributed by atoms with Crippen molar-refractivity contribution in [3.05, 3.63) is 139 Å². The molecule has 0 unspecified atom stereocenters. The molecule has 2 amide bonds. The van der Waals surface area contributed by atoms with E-state index < -0.39 is 0 Å². The van der Waals surface area contributed by atoms with Crippen molar-refractivity contribution in [2.75, 3.05) is 28.7 Å². The number of nitrogens with one attached hydrogen (secondary N) is 3. The lowest BCUT2D eigenvalue weighted by Crippen LogP contribution is -2.45. The summed E-state index contributed by atoms with van der Waals surface area (Å²) in [4.78, 5) is 47.5. The normalized spacial score (nSPS) is 14.9. The van der Waals surface area contributed by atoms with Crippen LogP contribution in [-0.2, 0) is 4.79 Å². The molecule has 2 aromatic heterocycles. The van der Waals surface area contributed by atoms with Crippen LogP contribution in [0.4, 0.5) is 17.1 Å². The Morgan fingerprint density at radius 1 is 0.632 bits per heavy atom. The number of para-hydroxylation sites is 3. The van der Waals surface area contributed by atoms with E-state index in [1.807, 2.05) is 109 Å². The first kappa shape index (κ1) is 39.3. The van der Waals surface area contributed by atoms with Crippen molar-refractivity contribution in [1.29, 1.82) is 0 Å². The average molecular weight is 761 g/mol. The van der Waals surface area contributed by atoms with E-state index in [2.05, 4.69) is 26.0 Å². The van der Waals surface area contributed by atoms with Gasteiger partial charge in [0.2, 0.25) is 0 Å². The Balaban J connectivity index is 0.000000174. The maximum Gasteiger partial charge on any atom is 0.272 e. The number of amides is 2. The molecule has 0 atom stereocenters. The first-order valence-electron chi connectivity index (χ1n) is 20.5. The molecular formula is C48H52N6O3. The van der Waals surface area contributed by atoms with Gasteiger partial charge in [-0.2, -0.15) is 0 Å². The van der Waals surface area contributed by atoms with Gasteiger partial charge in [-0.05, 0) is 80.1 Å². The molecule has 0 bridgehead atoms. The summed E-state index contributed by atoms with van der Waals surface area (Å²) in [5.41, 5.74) is 8.53. The molecule has 292 valence electrons. The molecule has 57 heavy (non-hydrogen) atoms. The van der Waals surface area contributed by atoms with E-state index in [1.54, 1.807) is 23.5 Å². The molecule has 2 aliphatic rings. The molecular weight excluding hydrogens is 709 g/mol. The lowest BCUT2D eigenvalue weighted by Gasteiger charge is -2.26. The second-order valence-corrected chi connectivity index (χ2v) is 15.2. The number of hydrogen-bond donors (Lipinski definition) is 3. The molecule has 9 nitrogen and oxygen atoms in total.